The lowest BCUT2D eigenvalue weighted by atomic mass is 9.98. The summed E-state index contributed by atoms with van der Waals surface area (Å²) in [6, 6.07) is 9.52. The Kier molecular flexibility index (Phi) is 5.49. The van der Waals surface area contributed by atoms with E-state index in [1.54, 1.807) is 13.1 Å². The third kappa shape index (κ3) is 3.96. The van der Waals surface area contributed by atoms with Gasteiger partial charge in [0.15, 0.2) is 0 Å². The average Bonchev–Trinajstić information content (AvgIpc) is 2.74. The van der Waals surface area contributed by atoms with Crippen molar-refractivity contribution in [3.8, 4) is 0 Å². The number of alkyl halides is 2. The van der Waals surface area contributed by atoms with Crippen LogP contribution in [0.1, 0.15) is 42.5 Å². The van der Waals surface area contributed by atoms with Crippen molar-refractivity contribution in [3.05, 3.63) is 71.2 Å². The van der Waals surface area contributed by atoms with Gasteiger partial charge in [-0.15, -0.1) is 0 Å². The average molecular weight is 398 g/mol. The molecule has 2 heterocycles. The Hall–Kier alpha value is -2.93. The highest BCUT2D eigenvalue weighted by Crippen LogP contribution is 2.32. The first kappa shape index (κ1) is 19.4. The summed E-state index contributed by atoms with van der Waals surface area (Å²) >= 11 is 0. The first-order valence-corrected chi connectivity index (χ1v) is 9.53. The summed E-state index contributed by atoms with van der Waals surface area (Å²) in [5.74, 6) is -0.880. The topological polar surface area (TPSA) is 49.8 Å². The second-order valence-electron chi connectivity index (χ2n) is 7.09. The monoisotopic (exact) mass is 398 g/mol. The summed E-state index contributed by atoms with van der Waals surface area (Å²) in [6.45, 7) is 3.50. The zero-order chi connectivity index (χ0) is 20.4. The molecule has 0 radical (unpaired) electrons. The number of rotatable bonds is 5. The third-order valence-corrected chi connectivity index (χ3v) is 5.21. The summed E-state index contributed by atoms with van der Waals surface area (Å²) in [5.41, 5.74) is 3.35. The smallest absolute Gasteiger partial charge is 0.266 e. The summed E-state index contributed by atoms with van der Waals surface area (Å²) in [5, 5.41) is 15.6. The Morgan fingerprint density at radius 1 is 1.14 bits per heavy atom. The molecule has 150 valence electrons. The quantitative estimate of drug-likeness (QED) is 0.616. The maximum atomic E-state index is 14.5. The van der Waals surface area contributed by atoms with Crippen molar-refractivity contribution >= 4 is 22.2 Å². The molecule has 7 heteroatoms. The third-order valence-electron chi connectivity index (χ3n) is 5.21. The lowest BCUT2D eigenvalue weighted by Gasteiger charge is -2.19. The van der Waals surface area contributed by atoms with Crippen molar-refractivity contribution in [3.63, 3.8) is 0 Å². The first-order valence-electron chi connectivity index (χ1n) is 9.53. The van der Waals surface area contributed by atoms with Gasteiger partial charge in [-0.1, -0.05) is 30.3 Å². The van der Waals surface area contributed by atoms with Gasteiger partial charge in [0, 0.05) is 17.5 Å². The second kappa shape index (κ2) is 8.21. The molecule has 0 saturated carbocycles. The number of fused-ring (bicyclic) bond motifs is 1. The summed E-state index contributed by atoms with van der Waals surface area (Å²) in [7, 11) is 0. The van der Waals surface area contributed by atoms with Gasteiger partial charge in [0.25, 0.3) is 6.43 Å². The number of benzene rings is 2. The Morgan fingerprint density at radius 3 is 2.72 bits per heavy atom. The molecule has 3 aromatic rings. The number of nitrogens with one attached hydrogen (secondary N) is 2. The van der Waals surface area contributed by atoms with Crippen LogP contribution in [-0.2, 0) is 0 Å². The molecule has 1 aliphatic heterocycles. The minimum Gasteiger partial charge on any atom is -0.377 e. The SMILES string of the molecule is C[C@@H](Nc1cnnc2ccc(C3=CCNCC3)cc12)c1cccc(C(F)F)c1F. The van der Waals surface area contributed by atoms with Crippen molar-refractivity contribution in [2.75, 3.05) is 18.4 Å². The molecule has 0 spiro atoms. The van der Waals surface area contributed by atoms with Crippen LogP contribution in [0.4, 0.5) is 18.9 Å². The van der Waals surface area contributed by atoms with Crippen LogP contribution < -0.4 is 10.6 Å². The molecular formula is C22H21F3N4. The van der Waals surface area contributed by atoms with Crippen molar-refractivity contribution in [2.24, 2.45) is 0 Å². The van der Waals surface area contributed by atoms with E-state index in [9.17, 15) is 13.2 Å². The fourth-order valence-electron chi connectivity index (χ4n) is 3.64. The van der Waals surface area contributed by atoms with E-state index in [0.29, 0.717) is 11.2 Å². The molecule has 0 amide bonds. The fourth-order valence-corrected chi connectivity index (χ4v) is 3.64. The molecule has 4 nitrogen and oxygen atoms in total. The van der Waals surface area contributed by atoms with Crippen LogP contribution in [0.25, 0.3) is 16.5 Å². The lowest BCUT2D eigenvalue weighted by Crippen LogP contribution is -2.20. The molecule has 1 aromatic heterocycles. The zero-order valence-corrected chi connectivity index (χ0v) is 15.9. The van der Waals surface area contributed by atoms with Gasteiger partial charge in [0.1, 0.15) is 5.82 Å². The minimum atomic E-state index is -2.86. The standard InChI is InChI=1S/C22H21F3N4/c1-13(16-3-2-4-17(21(16)23)22(24)25)28-20-12-27-29-19-6-5-15(11-18(19)20)14-7-9-26-10-8-14/h2-7,11-13,22,26H,8-10H2,1H3,(H,28,29)/t13-/m1/s1. The summed E-state index contributed by atoms with van der Waals surface area (Å²) in [4.78, 5) is 0. The van der Waals surface area contributed by atoms with Crippen LogP contribution in [-0.4, -0.2) is 23.3 Å². The van der Waals surface area contributed by atoms with Crippen LogP contribution in [0.5, 0.6) is 0 Å². The zero-order valence-electron chi connectivity index (χ0n) is 15.9. The fraction of sp³-hybridized carbons (Fsp3) is 0.273. The summed E-state index contributed by atoms with van der Waals surface area (Å²) < 4.78 is 40.6. The molecule has 0 bridgehead atoms. The number of halogens is 3. The molecule has 1 atom stereocenters. The van der Waals surface area contributed by atoms with Crippen molar-refractivity contribution < 1.29 is 13.2 Å². The van der Waals surface area contributed by atoms with Crippen LogP contribution in [0.2, 0.25) is 0 Å². The molecule has 29 heavy (non-hydrogen) atoms. The maximum Gasteiger partial charge on any atom is 0.266 e. The summed E-state index contributed by atoms with van der Waals surface area (Å²) in [6.07, 6.45) is 1.83. The molecule has 0 fully saturated rings. The van der Waals surface area contributed by atoms with E-state index < -0.39 is 23.8 Å². The van der Waals surface area contributed by atoms with Gasteiger partial charge in [-0.25, -0.2) is 13.2 Å². The Morgan fingerprint density at radius 2 is 1.97 bits per heavy atom. The van der Waals surface area contributed by atoms with Crippen molar-refractivity contribution in [1.82, 2.24) is 15.5 Å². The van der Waals surface area contributed by atoms with E-state index in [-0.39, 0.29) is 5.56 Å². The van der Waals surface area contributed by atoms with E-state index in [2.05, 4.69) is 26.9 Å². The highest BCUT2D eigenvalue weighted by atomic mass is 19.3. The van der Waals surface area contributed by atoms with E-state index in [1.807, 2.05) is 18.2 Å². The largest absolute Gasteiger partial charge is 0.377 e. The van der Waals surface area contributed by atoms with Gasteiger partial charge in [0.2, 0.25) is 0 Å². The van der Waals surface area contributed by atoms with Crippen molar-refractivity contribution in [2.45, 2.75) is 25.8 Å². The van der Waals surface area contributed by atoms with E-state index in [4.69, 9.17) is 0 Å². The minimum absolute atomic E-state index is 0.185. The van der Waals surface area contributed by atoms with Gasteiger partial charge in [-0.05, 0) is 43.2 Å². The number of nitrogens with zero attached hydrogens (tertiary/aromatic N) is 2. The molecule has 0 unspecified atom stereocenters. The van der Waals surface area contributed by atoms with Crippen LogP contribution in [0.3, 0.4) is 0 Å². The number of hydrogen-bond acceptors (Lipinski definition) is 4. The van der Waals surface area contributed by atoms with Crippen molar-refractivity contribution in [1.29, 1.82) is 0 Å². The van der Waals surface area contributed by atoms with Crippen LogP contribution in [0.15, 0.2) is 48.7 Å². The molecule has 1 aliphatic rings. The molecule has 2 aromatic carbocycles. The number of hydrogen-bond donors (Lipinski definition) is 2. The van der Waals surface area contributed by atoms with Gasteiger partial charge < -0.3 is 10.6 Å². The lowest BCUT2D eigenvalue weighted by molar-refractivity contribution is 0.146. The number of aromatic nitrogens is 2. The Labute approximate surface area is 166 Å². The van der Waals surface area contributed by atoms with Gasteiger partial charge in [0.05, 0.1) is 29.0 Å². The predicted molar refractivity (Wildman–Crippen MR) is 108 cm³/mol. The molecule has 0 aliphatic carbocycles. The highest BCUT2D eigenvalue weighted by molar-refractivity contribution is 5.93. The van der Waals surface area contributed by atoms with Gasteiger partial charge in [-0.2, -0.15) is 10.2 Å². The van der Waals surface area contributed by atoms with Crippen LogP contribution in [0, 0.1) is 5.82 Å². The first-order chi connectivity index (χ1) is 14.0. The number of anilines is 1. The molecule has 4 rings (SSSR count). The molecule has 2 N–H and O–H groups in total. The van der Waals surface area contributed by atoms with E-state index >= 15 is 0 Å². The van der Waals surface area contributed by atoms with Gasteiger partial charge in [-0.3, -0.25) is 0 Å². The highest BCUT2D eigenvalue weighted by Gasteiger charge is 2.20. The normalized spacial score (nSPS) is 15.4. The predicted octanol–water partition coefficient (Wildman–Crippen LogP) is 5.26. The Bertz CT molecular complexity index is 1070. The van der Waals surface area contributed by atoms with Gasteiger partial charge >= 0.3 is 0 Å². The Balaban J connectivity index is 1.69. The molecule has 0 saturated heterocycles. The maximum absolute atomic E-state index is 14.5. The second-order valence-corrected chi connectivity index (χ2v) is 7.09. The molecular weight excluding hydrogens is 377 g/mol. The van der Waals surface area contributed by atoms with Crippen LogP contribution >= 0.6 is 0 Å². The van der Waals surface area contributed by atoms with E-state index in [0.717, 1.165) is 36.5 Å². The van der Waals surface area contributed by atoms with E-state index in [1.165, 1.54) is 17.7 Å².